The van der Waals surface area contributed by atoms with Crippen LogP contribution in [0.3, 0.4) is 0 Å². The number of pyridine rings is 1. The summed E-state index contributed by atoms with van der Waals surface area (Å²) in [5.74, 6) is 0.263. The summed E-state index contributed by atoms with van der Waals surface area (Å²) in [4.78, 5) is 26.5. The van der Waals surface area contributed by atoms with Crippen LogP contribution in [0.15, 0.2) is 24.4 Å². The number of nitrogens with zero attached hydrogens (tertiary/aromatic N) is 6. The topological polar surface area (TPSA) is 66.6 Å². The molecule has 33 heavy (non-hydrogen) atoms. The highest BCUT2D eigenvalue weighted by Gasteiger charge is 2.29. The van der Waals surface area contributed by atoms with Gasteiger partial charge >= 0.3 is 0 Å². The monoisotopic (exact) mass is 446 g/mol. The van der Waals surface area contributed by atoms with E-state index in [1.165, 1.54) is 12.0 Å². The molecule has 0 bridgehead atoms. The van der Waals surface area contributed by atoms with Crippen molar-refractivity contribution in [1.82, 2.24) is 29.4 Å². The van der Waals surface area contributed by atoms with E-state index in [2.05, 4.69) is 42.8 Å². The van der Waals surface area contributed by atoms with E-state index >= 15 is 0 Å². The van der Waals surface area contributed by atoms with Crippen LogP contribution in [-0.2, 0) is 17.8 Å². The first-order valence-electron chi connectivity index (χ1n) is 12.3. The van der Waals surface area contributed by atoms with Crippen molar-refractivity contribution in [1.29, 1.82) is 0 Å². The summed E-state index contributed by atoms with van der Waals surface area (Å²) < 4.78 is 1.99. The molecule has 1 amide bonds. The molecule has 0 N–H and O–H groups in total. The fraction of sp³-hybridized carbons (Fsp3) is 0.538. The van der Waals surface area contributed by atoms with Gasteiger partial charge in [0, 0.05) is 49.7 Å². The summed E-state index contributed by atoms with van der Waals surface area (Å²) in [6, 6.07) is 6.56. The van der Waals surface area contributed by atoms with Gasteiger partial charge in [-0.2, -0.15) is 5.10 Å². The van der Waals surface area contributed by atoms with E-state index in [9.17, 15) is 4.79 Å². The van der Waals surface area contributed by atoms with Gasteiger partial charge < -0.3 is 4.90 Å². The molecule has 0 aromatic carbocycles. The Hall–Kier alpha value is -2.80. The Morgan fingerprint density at radius 3 is 2.73 bits per heavy atom. The maximum absolute atomic E-state index is 12.6. The first kappa shape index (κ1) is 22.0. The van der Waals surface area contributed by atoms with E-state index in [0.717, 1.165) is 85.8 Å². The Morgan fingerprint density at radius 2 is 1.94 bits per heavy atom. The third-order valence-corrected chi connectivity index (χ3v) is 7.41. The van der Waals surface area contributed by atoms with Gasteiger partial charge in [0.25, 0.3) is 0 Å². The highest BCUT2D eigenvalue weighted by Crippen LogP contribution is 2.33. The number of hydrogen-bond donors (Lipinski definition) is 0. The number of likely N-dealkylation sites (tertiary alicyclic amines) is 2. The smallest absolute Gasteiger partial charge is 0.222 e. The van der Waals surface area contributed by atoms with Gasteiger partial charge in [-0.1, -0.05) is 6.07 Å². The Balaban J connectivity index is 1.37. The fourth-order valence-corrected chi connectivity index (χ4v) is 5.45. The maximum Gasteiger partial charge on any atom is 0.222 e. The van der Waals surface area contributed by atoms with Crippen molar-refractivity contribution in [3.63, 3.8) is 0 Å². The summed E-state index contributed by atoms with van der Waals surface area (Å²) in [5, 5.41) is 5.01. The van der Waals surface area contributed by atoms with E-state index in [1.807, 2.05) is 21.7 Å². The zero-order valence-corrected chi connectivity index (χ0v) is 20.0. The van der Waals surface area contributed by atoms with Gasteiger partial charge in [0.15, 0.2) is 5.65 Å². The molecule has 0 spiro atoms. The van der Waals surface area contributed by atoms with Crippen LogP contribution in [0.1, 0.15) is 72.0 Å². The molecule has 0 saturated carbocycles. The first-order valence-corrected chi connectivity index (χ1v) is 12.3. The second-order valence-corrected chi connectivity index (χ2v) is 9.58. The van der Waals surface area contributed by atoms with Crippen LogP contribution in [0.25, 0.3) is 5.65 Å². The normalized spacial score (nSPS) is 19.1. The second-order valence-electron chi connectivity index (χ2n) is 9.58. The van der Waals surface area contributed by atoms with Crippen molar-refractivity contribution in [2.45, 2.75) is 71.9 Å². The molecular formula is C26H34N6O. The number of amides is 1. The highest BCUT2D eigenvalue weighted by atomic mass is 16.2. The van der Waals surface area contributed by atoms with Gasteiger partial charge in [-0.3, -0.25) is 14.7 Å². The van der Waals surface area contributed by atoms with Crippen molar-refractivity contribution in [2.75, 3.05) is 19.6 Å². The molecule has 7 nitrogen and oxygen atoms in total. The largest absolute Gasteiger partial charge is 0.343 e. The Labute approximate surface area is 195 Å². The molecule has 7 heteroatoms. The average molecular weight is 447 g/mol. The first-order chi connectivity index (χ1) is 16.0. The van der Waals surface area contributed by atoms with Crippen LogP contribution in [0.5, 0.6) is 0 Å². The van der Waals surface area contributed by atoms with Gasteiger partial charge in [0.05, 0.1) is 17.4 Å². The zero-order valence-electron chi connectivity index (χ0n) is 20.0. The highest BCUT2D eigenvalue weighted by molar-refractivity contribution is 5.76. The summed E-state index contributed by atoms with van der Waals surface area (Å²) in [5.41, 5.74) is 7.62. The maximum atomic E-state index is 12.6. The minimum absolute atomic E-state index is 0.263. The number of aryl methyl sites for hydroxylation is 3. The molecule has 2 fully saturated rings. The van der Waals surface area contributed by atoms with E-state index in [0.29, 0.717) is 6.42 Å². The summed E-state index contributed by atoms with van der Waals surface area (Å²) in [6.07, 6.45) is 7.68. The lowest BCUT2D eigenvalue weighted by Gasteiger charge is -2.23. The van der Waals surface area contributed by atoms with Crippen molar-refractivity contribution < 1.29 is 4.79 Å². The fourth-order valence-electron chi connectivity index (χ4n) is 5.45. The standard InChI is InChI=1S/C26H34N6O/c1-18-8-6-12-27-23(18)17-31-15-7-9-24(31)22-16-25-28-19(2)21(20(3)32(25)29-22)10-11-26(33)30-13-4-5-14-30/h6,8,12,16,24H,4-5,7,9-11,13-15,17H2,1-3H3/t24-/m0/s1. The molecule has 0 unspecified atom stereocenters. The molecule has 174 valence electrons. The lowest BCUT2D eigenvalue weighted by molar-refractivity contribution is -0.130. The summed E-state index contributed by atoms with van der Waals surface area (Å²) in [7, 11) is 0. The third-order valence-electron chi connectivity index (χ3n) is 7.41. The van der Waals surface area contributed by atoms with Crippen molar-refractivity contribution >= 4 is 11.6 Å². The molecule has 3 aromatic heterocycles. The van der Waals surface area contributed by atoms with Crippen molar-refractivity contribution in [3.8, 4) is 0 Å². The SMILES string of the molecule is Cc1cccnc1CN1CCC[C@H]1c1cc2nc(C)c(CCC(=O)N3CCCC3)c(C)n2n1. The lowest BCUT2D eigenvalue weighted by Crippen LogP contribution is -2.28. The Kier molecular flexibility index (Phi) is 6.15. The second kappa shape index (κ2) is 9.21. The number of hydrogen-bond acceptors (Lipinski definition) is 5. The zero-order chi connectivity index (χ0) is 22.9. The lowest BCUT2D eigenvalue weighted by atomic mass is 10.1. The summed E-state index contributed by atoms with van der Waals surface area (Å²) >= 11 is 0. The quantitative estimate of drug-likeness (QED) is 0.574. The summed E-state index contributed by atoms with van der Waals surface area (Å²) in [6.45, 7) is 10.0. The molecule has 2 aliphatic rings. The van der Waals surface area contributed by atoms with Crippen LogP contribution >= 0.6 is 0 Å². The molecule has 5 heterocycles. The molecule has 0 aliphatic carbocycles. The van der Waals surface area contributed by atoms with E-state index in [1.54, 1.807) is 0 Å². The van der Waals surface area contributed by atoms with Gasteiger partial charge in [0.2, 0.25) is 5.91 Å². The van der Waals surface area contributed by atoms with E-state index in [-0.39, 0.29) is 11.9 Å². The number of aromatic nitrogens is 4. The number of rotatable bonds is 6. The predicted molar refractivity (Wildman–Crippen MR) is 128 cm³/mol. The van der Waals surface area contributed by atoms with Crippen LogP contribution in [0.2, 0.25) is 0 Å². The molecule has 3 aromatic rings. The van der Waals surface area contributed by atoms with Crippen LogP contribution in [-0.4, -0.2) is 54.9 Å². The van der Waals surface area contributed by atoms with Crippen molar-refractivity contribution in [3.05, 3.63) is 58.3 Å². The third kappa shape index (κ3) is 4.38. The molecular weight excluding hydrogens is 412 g/mol. The molecule has 2 aliphatic heterocycles. The minimum Gasteiger partial charge on any atom is -0.343 e. The molecule has 2 saturated heterocycles. The van der Waals surface area contributed by atoms with Crippen LogP contribution in [0, 0.1) is 20.8 Å². The molecule has 0 radical (unpaired) electrons. The van der Waals surface area contributed by atoms with Gasteiger partial charge in [-0.05, 0) is 76.6 Å². The van der Waals surface area contributed by atoms with Gasteiger partial charge in [-0.15, -0.1) is 0 Å². The number of carbonyl (C=O) groups is 1. The molecule has 1 atom stereocenters. The predicted octanol–water partition coefficient (Wildman–Crippen LogP) is 3.94. The average Bonchev–Trinajstić information content (AvgIpc) is 3.55. The number of carbonyl (C=O) groups excluding carboxylic acids is 1. The van der Waals surface area contributed by atoms with Crippen LogP contribution < -0.4 is 0 Å². The van der Waals surface area contributed by atoms with E-state index in [4.69, 9.17) is 10.1 Å². The van der Waals surface area contributed by atoms with E-state index < -0.39 is 0 Å². The Morgan fingerprint density at radius 1 is 1.12 bits per heavy atom. The van der Waals surface area contributed by atoms with Gasteiger partial charge in [-0.25, -0.2) is 9.50 Å². The Bertz CT molecular complexity index is 1160. The molecule has 5 rings (SSSR count). The van der Waals surface area contributed by atoms with Crippen LogP contribution in [0.4, 0.5) is 0 Å². The van der Waals surface area contributed by atoms with Crippen molar-refractivity contribution in [2.24, 2.45) is 0 Å². The van der Waals surface area contributed by atoms with Gasteiger partial charge in [0.1, 0.15) is 0 Å². The number of fused-ring (bicyclic) bond motifs is 1. The minimum atomic E-state index is 0.263.